The average molecular weight is 270 g/mol. The largest absolute Gasteiger partial charge is 0.262 e. The Balaban J connectivity index is 2.20. The van der Waals surface area contributed by atoms with Crippen molar-refractivity contribution in [1.82, 2.24) is 19.9 Å². The molecule has 0 radical (unpaired) electrons. The van der Waals surface area contributed by atoms with E-state index in [9.17, 15) is 12.8 Å². The van der Waals surface area contributed by atoms with Crippen molar-refractivity contribution in [1.29, 1.82) is 0 Å². The lowest BCUT2D eigenvalue weighted by Gasteiger charge is -2.08. The molecular weight excluding hydrogens is 259 g/mol. The highest BCUT2D eigenvalue weighted by molar-refractivity contribution is 7.89. The molecular formula is C10H11FN4O2S. The summed E-state index contributed by atoms with van der Waals surface area (Å²) in [5.74, 6) is -0.0694. The molecule has 0 bridgehead atoms. The minimum Gasteiger partial charge on any atom is -0.262 e. The van der Waals surface area contributed by atoms with Crippen molar-refractivity contribution >= 4 is 10.0 Å². The van der Waals surface area contributed by atoms with Crippen LogP contribution in [0.15, 0.2) is 29.4 Å². The molecule has 8 heteroatoms. The van der Waals surface area contributed by atoms with Gasteiger partial charge in [-0.1, -0.05) is 0 Å². The molecule has 6 nitrogen and oxygen atoms in total. The minimum absolute atomic E-state index is 0.000843. The Morgan fingerprint density at radius 1 is 1.44 bits per heavy atom. The first-order valence-electron chi connectivity index (χ1n) is 5.09. The Kier molecular flexibility index (Phi) is 3.39. The fourth-order valence-electron chi connectivity index (χ4n) is 1.47. The Morgan fingerprint density at radius 2 is 2.22 bits per heavy atom. The summed E-state index contributed by atoms with van der Waals surface area (Å²) in [6.45, 7) is 1.53. The van der Waals surface area contributed by atoms with Crippen LogP contribution in [0.1, 0.15) is 11.4 Å². The van der Waals surface area contributed by atoms with Crippen LogP contribution in [0.4, 0.5) is 4.39 Å². The highest BCUT2D eigenvalue weighted by Gasteiger charge is 2.17. The third-order valence-electron chi connectivity index (χ3n) is 2.32. The van der Waals surface area contributed by atoms with Crippen LogP contribution in [0.25, 0.3) is 0 Å². The molecule has 1 heterocycles. The van der Waals surface area contributed by atoms with Gasteiger partial charge in [-0.25, -0.2) is 22.5 Å². The van der Waals surface area contributed by atoms with Gasteiger partial charge < -0.3 is 0 Å². The Morgan fingerprint density at radius 3 is 2.83 bits per heavy atom. The van der Waals surface area contributed by atoms with Crippen molar-refractivity contribution < 1.29 is 12.8 Å². The molecule has 0 saturated carbocycles. The zero-order valence-electron chi connectivity index (χ0n) is 9.51. The highest BCUT2D eigenvalue weighted by atomic mass is 32.2. The molecule has 2 rings (SSSR count). The van der Waals surface area contributed by atoms with E-state index in [1.807, 2.05) is 0 Å². The lowest BCUT2D eigenvalue weighted by Crippen LogP contribution is -2.24. The van der Waals surface area contributed by atoms with E-state index < -0.39 is 15.8 Å². The first kappa shape index (κ1) is 12.7. The summed E-state index contributed by atoms with van der Waals surface area (Å²) >= 11 is 0. The maximum absolute atomic E-state index is 12.9. The predicted molar refractivity (Wildman–Crippen MR) is 61.5 cm³/mol. The number of H-pyrrole nitrogens is 1. The van der Waals surface area contributed by atoms with Gasteiger partial charge in [0.15, 0.2) is 0 Å². The number of rotatable bonds is 4. The summed E-state index contributed by atoms with van der Waals surface area (Å²) in [5, 5.41) is 6.14. The smallest absolute Gasteiger partial charge is 0.241 e. The molecule has 2 aromatic rings. The first-order valence-corrected chi connectivity index (χ1v) is 6.57. The lowest BCUT2D eigenvalue weighted by molar-refractivity contribution is 0.577. The lowest BCUT2D eigenvalue weighted by atomic mass is 10.2. The molecule has 0 spiro atoms. The van der Waals surface area contributed by atoms with Crippen LogP contribution in [0.2, 0.25) is 0 Å². The number of nitrogens with one attached hydrogen (secondary N) is 2. The molecule has 1 aromatic heterocycles. The van der Waals surface area contributed by atoms with E-state index in [4.69, 9.17) is 0 Å². The summed E-state index contributed by atoms with van der Waals surface area (Å²) in [6, 6.07) is 3.51. The molecule has 0 aliphatic rings. The van der Waals surface area contributed by atoms with E-state index >= 15 is 0 Å². The number of aryl methyl sites for hydroxylation is 1. The SMILES string of the molecule is Cc1cc(F)ccc1S(=O)(=O)NCc1ncn[nH]1. The maximum atomic E-state index is 12.9. The summed E-state index contributed by atoms with van der Waals surface area (Å²) in [7, 11) is -3.69. The zero-order valence-corrected chi connectivity index (χ0v) is 10.3. The third-order valence-corrected chi connectivity index (χ3v) is 3.88. The van der Waals surface area contributed by atoms with Gasteiger partial charge in [-0.2, -0.15) is 5.10 Å². The van der Waals surface area contributed by atoms with E-state index in [0.717, 1.165) is 6.07 Å². The van der Waals surface area contributed by atoms with E-state index in [1.165, 1.54) is 25.4 Å². The van der Waals surface area contributed by atoms with Crippen molar-refractivity contribution in [2.45, 2.75) is 18.4 Å². The molecule has 0 fully saturated rings. The number of nitrogens with zero attached hydrogens (tertiary/aromatic N) is 2. The van der Waals surface area contributed by atoms with Gasteiger partial charge in [-0.15, -0.1) is 0 Å². The van der Waals surface area contributed by atoms with Crippen LogP contribution in [-0.4, -0.2) is 23.6 Å². The third kappa shape index (κ3) is 2.71. The molecule has 96 valence electrons. The number of halogens is 1. The van der Waals surface area contributed by atoms with E-state index in [2.05, 4.69) is 19.9 Å². The molecule has 0 unspecified atom stereocenters. The van der Waals surface area contributed by atoms with Crippen LogP contribution in [0, 0.1) is 12.7 Å². The van der Waals surface area contributed by atoms with Crippen molar-refractivity contribution in [2.75, 3.05) is 0 Å². The summed E-state index contributed by atoms with van der Waals surface area (Å²) in [5.41, 5.74) is 0.347. The van der Waals surface area contributed by atoms with Crippen LogP contribution in [0.3, 0.4) is 0 Å². The van der Waals surface area contributed by atoms with Crippen LogP contribution < -0.4 is 4.72 Å². The van der Waals surface area contributed by atoms with Gasteiger partial charge in [0.1, 0.15) is 18.0 Å². The number of aromatic nitrogens is 3. The van der Waals surface area contributed by atoms with Crippen LogP contribution >= 0.6 is 0 Å². The van der Waals surface area contributed by atoms with Crippen molar-refractivity contribution in [3.8, 4) is 0 Å². The molecule has 18 heavy (non-hydrogen) atoms. The van der Waals surface area contributed by atoms with Crippen LogP contribution in [0.5, 0.6) is 0 Å². The van der Waals surface area contributed by atoms with Crippen molar-refractivity contribution in [3.05, 3.63) is 41.7 Å². The zero-order chi connectivity index (χ0) is 13.2. The first-order chi connectivity index (χ1) is 8.49. The van der Waals surface area contributed by atoms with Gasteiger partial charge in [-0.3, -0.25) is 5.10 Å². The van der Waals surface area contributed by atoms with Gasteiger partial charge in [0.05, 0.1) is 11.4 Å². The normalized spacial score (nSPS) is 11.7. The topological polar surface area (TPSA) is 87.7 Å². The highest BCUT2D eigenvalue weighted by Crippen LogP contribution is 2.15. The Labute approximate surface area is 103 Å². The van der Waals surface area contributed by atoms with Gasteiger partial charge in [0.25, 0.3) is 0 Å². The molecule has 1 aromatic carbocycles. The van der Waals surface area contributed by atoms with E-state index in [1.54, 1.807) is 0 Å². The van der Waals surface area contributed by atoms with Gasteiger partial charge in [0.2, 0.25) is 10.0 Å². The molecule has 0 atom stereocenters. The van der Waals surface area contributed by atoms with E-state index in [-0.39, 0.29) is 11.4 Å². The number of hydrogen-bond acceptors (Lipinski definition) is 4. The number of benzene rings is 1. The monoisotopic (exact) mass is 270 g/mol. The molecule has 2 N–H and O–H groups in total. The Hall–Kier alpha value is -1.80. The average Bonchev–Trinajstić information content (AvgIpc) is 2.78. The Bertz CT molecular complexity index is 640. The van der Waals surface area contributed by atoms with Gasteiger partial charge in [-0.05, 0) is 30.7 Å². The second-order valence-corrected chi connectivity index (χ2v) is 5.40. The number of sulfonamides is 1. The second kappa shape index (κ2) is 4.83. The van der Waals surface area contributed by atoms with Crippen LogP contribution in [-0.2, 0) is 16.6 Å². The standard InChI is InChI=1S/C10H11FN4O2S/c1-7-4-8(11)2-3-9(7)18(16,17)14-5-10-12-6-13-15-10/h2-4,6,14H,5H2,1H3,(H,12,13,15). The molecule has 0 aliphatic carbocycles. The molecule has 0 aliphatic heterocycles. The second-order valence-electron chi connectivity index (χ2n) is 3.67. The van der Waals surface area contributed by atoms with E-state index in [0.29, 0.717) is 11.4 Å². The fraction of sp³-hybridized carbons (Fsp3) is 0.200. The molecule has 0 amide bonds. The number of hydrogen-bond donors (Lipinski definition) is 2. The minimum atomic E-state index is -3.69. The predicted octanol–water partition coefficient (Wildman–Crippen LogP) is 0.731. The number of aromatic amines is 1. The van der Waals surface area contributed by atoms with Crippen molar-refractivity contribution in [2.24, 2.45) is 0 Å². The van der Waals surface area contributed by atoms with Crippen molar-refractivity contribution in [3.63, 3.8) is 0 Å². The quantitative estimate of drug-likeness (QED) is 0.857. The molecule has 0 saturated heterocycles. The van der Waals surface area contributed by atoms with Gasteiger partial charge >= 0.3 is 0 Å². The fourth-order valence-corrected chi connectivity index (χ4v) is 2.68. The summed E-state index contributed by atoms with van der Waals surface area (Å²) in [6.07, 6.45) is 1.28. The van der Waals surface area contributed by atoms with Gasteiger partial charge in [0, 0.05) is 0 Å². The maximum Gasteiger partial charge on any atom is 0.241 e. The summed E-state index contributed by atoms with van der Waals surface area (Å²) in [4.78, 5) is 3.84. The summed E-state index contributed by atoms with van der Waals surface area (Å²) < 4.78 is 39.2.